The molecule has 0 unspecified atom stereocenters. The average Bonchev–Trinajstić information content (AvgIpc) is 2.37. The van der Waals surface area contributed by atoms with Crippen LogP contribution in [0.1, 0.15) is 6.42 Å². The van der Waals surface area contributed by atoms with Crippen molar-refractivity contribution in [2.75, 3.05) is 0 Å². The fourth-order valence-electron chi connectivity index (χ4n) is 1.43. The summed E-state index contributed by atoms with van der Waals surface area (Å²) < 4.78 is 2.71. The SMILES string of the molecule is BrC1=C(Br)[C@H]2C=C[C@@H]1C2. The molecule has 0 N–H and O–H groups in total. The summed E-state index contributed by atoms with van der Waals surface area (Å²) in [6.45, 7) is 0. The van der Waals surface area contributed by atoms with Crippen molar-refractivity contribution in [3.63, 3.8) is 0 Å². The van der Waals surface area contributed by atoms with Crippen LogP contribution in [0.15, 0.2) is 21.1 Å². The molecule has 9 heavy (non-hydrogen) atoms. The van der Waals surface area contributed by atoms with Gasteiger partial charge in [-0.05, 0) is 6.42 Å². The molecule has 2 heteroatoms. The monoisotopic (exact) mass is 248 g/mol. The lowest BCUT2D eigenvalue weighted by atomic mass is 10.2. The molecule has 0 radical (unpaired) electrons. The van der Waals surface area contributed by atoms with E-state index in [0.29, 0.717) is 11.8 Å². The van der Waals surface area contributed by atoms with Gasteiger partial charge in [-0.25, -0.2) is 0 Å². The third-order valence-corrected chi connectivity index (χ3v) is 4.53. The van der Waals surface area contributed by atoms with Gasteiger partial charge in [-0.3, -0.25) is 0 Å². The third kappa shape index (κ3) is 0.761. The summed E-state index contributed by atoms with van der Waals surface area (Å²) in [4.78, 5) is 0. The van der Waals surface area contributed by atoms with Crippen molar-refractivity contribution in [3.05, 3.63) is 21.1 Å². The van der Waals surface area contributed by atoms with Crippen LogP contribution in [0.2, 0.25) is 0 Å². The van der Waals surface area contributed by atoms with Crippen LogP contribution < -0.4 is 0 Å². The molecule has 0 nitrogen and oxygen atoms in total. The topological polar surface area (TPSA) is 0 Å². The summed E-state index contributed by atoms with van der Waals surface area (Å²) in [5.41, 5.74) is 0. The van der Waals surface area contributed by atoms with Gasteiger partial charge in [-0.15, -0.1) is 0 Å². The van der Waals surface area contributed by atoms with Crippen LogP contribution in [0.3, 0.4) is 0 Å². The van der Waals surface area contributed by atoms with Gasteiger partial charge >= 0.3 is 0 Å². The van der Waals surface area contributed by atoms with Crippen molar-refractivity contribution in [1.82, 2.24) is 0 Å². The molecule has 0 fully saturated rings. The smallest absolute Gasteiger partial charge is 0.0127 e. The molecular weight excluding hydrogens is 244 g/mol. The van der Waals surface area contributed by atoms with Crippen LogP contribution in [0.4, 0.5) is 0 Å². The summed E-state index contributed by atoms with van der Waals surface area (Å²) in [7, 11) is 0. The van der Waals surface area contributed by atoms with E-state index in [-0.39, 0.29) is 0 Å². The number of allylic oxidation sites excluding steroid dienone is 4. The Hall–Kier alpha value is 0.440. The molecule has 2 bridgehead atoms. The fourth-order valence-corrected chi connectivity index (χ4v) is 2.70. The van der Waals surface area contributed by atoms with Crippen molar-refractivity contribution < 1.29 is 0 Å². The van der Waals surface area contributed by atoms with Gasteiger partial charge in [0.1, 0.15) is 0 Å². The van der Waals surface area contributed by atoms with E-state index in [9.17, 15) is 0 Å². The van der Waals surface area contributed by atoms with Gasteiger partial charge in [0.15, 0.2) is 0 Å². The molecule has 0 aromatic heterocycles. The van der Waals surface area contributed by atoms with Crippen molar-refractivity contribution in [1.29, 1.82) is 0 Å². The average molecular weight is 250 g/mol. The van der Waals surface area contributed by atoms with Crippen LogP contribution in [-0.4, -0.2) is 0 Å². The van der Waals surface area contributed by atoms with E-state index >= 15 is 0 Å². The Bertz CT molecular complexity index is 183. The van der Waals surface area contributed by atoms with Gasteiger partial charge in [-0.2, -0.15) is 0 Å². The summed E-state index contributed by atoms with van der Waals surface area (Å²) >= 11 is 7.08. The Morgan fingerprint density at radius 2 is 1.56 bits per heavy atom. The summed E-state index contributed by atoms with van der Waals surface area (Å²) in [5, 5.41) is 0. The van der Waals surface area contributed by atoms with Gasteiger partial charge < -0.3 is 0 Å². The minimum atomic E-state index is 0.685. The molecule has 0 aliphatic heterocycles. The van der Waals surface area contributed by atoms with E-state index in [1.54, 1.807) is 0 Å². The Morgan fingerprint density at radius 3 is 1.78 bits per heavy atom. The minimum absolute atomic E-state index is 0.685. The highest BCUT2D eigenvalue weighted by Gasteiger charge is 2.32. The molecule has 2 rings (SSSR count). The standard InChI is InChI=1S/C7H6Br2/c8-6-4-1-2-5(3-4)7(6)9/h1-2,4-5H,3H2/t4-,5+. The molecule has 0 amide bonds. The zero-order valence-electron chi connectivity index (χ0n) is 4.77. The zero-order chi connectivity index (χ0) is 6.43. The van der Waals surface area contributed by atoms with E-state index in [0.717, 1.165) is 0 Å². The lowest BCUT2D eigenvalue weighted by Gasteiger charge is -2.02. The van der Waals surface area contributed by atoms with Gasteiger partial charge in [0.2, 0.25) is 0 Å². The largest absolute Gasteiger partial charge is 0.0798 e. The van der Waals surface area contributed by atoms with E-state index in [1.165, 1.54) is 15.4 Å². The van der Waals surface area contributed by atoms with E-state index < -0.39 is 0 Å². The Kier molecular flexibility index (Phi) is 1.34. The van der Waals surface area contributed by atoms with Gasteiger partial charge in [0, 0.05) is 20.8 Å². The van der Waals surface area contributed by atoms with Crippen LogP contribution in [0.25, 0.3) is 0 Å². The number of rotatable bonds is 0. The van der Waals surface area contributed by atoms with Crippen LogP contribution in [0, 0.1) is 11.8 Å². The first-order valence-corrected chi connectivity index (χ1v) is 4.61. The fraction of sp³-hybridized carbons (Fsp3) is 0.429. The first kappa shape index (κ1) is 6.17. The zero-order valence-corrected chi connectivity index (χ0v) is 7.94. The quantitative estimate of drug-likeness (QED) is 0.579. The van der Waals surface area contributed by atoms with Crippen LogP contribution in [-0.2, 0) is 0 Å². The molecule has 2 aliphatic carbocycles. The van der Waals surface area contributed by atoms with Crippen LogP contribution in [0.5, 0.6) is 0 Å². The third-order valence-electron chi connectivity index (χ3n) is 1.96. The minimum Gasteiger partial charge on any atom is -0.0798 e. The number of halogens is 2. The maximum Gasteiger partial charge on any atom is 0.0127 e. The molecular formula is C7H6Br2. The molecule has 0 heterocycles. The maximum absolute atomic E-state index is 3.54. The predicted octanol–water partition coefficient (Wildman–Crippen LogP) is 3.19. The first-order chi connectivity index (χ1) is 4.29. The summed E-state index contributed by atoms with van der Waals surface area (Å²) in [6, 6.07) is 0. The normalized spacial score (nSPS) is 38.9. The summed E-state index contributed by atoms with van der Waals surface area (Å²) in [5.74, 6) is 1.37. The number of hydrogen-bond acceptors (Lipinski definition) is 0. The highest BCUT2D eigenvalue weighted by molar-refractivity contribution is 9.14. The van der Waals surface area contributed by atoms with Crippen molar-refractivity contribution in [2.24, 2.45) is 11.8 Å². The van der Waals surface area contributed by atoms with Gasteiger partial charge in [0.25, 0.3) is 0 Å². The van der Waals surface area contributed by atoms with Crippen molar-refractivity contribution in [3.8, 4) is 0 Å². The first-order valence-electron chi connectivity index (χ1n) is 3.02. The van der Waals surface area contributed by atoms with E-state index in [1.807, 2.05) is 0 Å². The molecule has 48 valence electrons. The number of fused-ring (bicyclic) bond motifs is 2. The van der Waals surface area contributed by atoms with E-state index in [4.69, 9.17) is 0 Å². The molecule has 0 aromatic carbocycles. The molecule has 2 atom stereocenters. The maximum atomic E-state index is 3.54. The highest BCUT2D eigenvalue weighted by atomic mass is 79.9. The Morgan fingerprint density at radius 1 is 1.11 bits per heavy atom. The summed E-state index contributed by atoms with van der Waals surface area (Å²) in [6.07, 6.45) is 5.83. The molecule has 0 saturated carbocycles. The lowest BCUT2D eigenvalue weighted by molar-refractivity contribution is 0.726. The van der Waals surface area contributed by atoms with Crippen molar-refractivity contribution >= 4 is 31.9 Å². The van der Waals surface area contributed by atoms with Gasteiger partial charge in [0.05, 0.1) is 0 Å². The second-order valence-corrected chi connectivity index (χ2v) is 4.24. The lowest BCUT2D eigenvalue weighted by Crippen LogP contribution is -1.85. The second-order valence-electron chi connectivity index (χ2n) is 2.53. The van der Waals surface area contributed by atoms with Crippen LogP contribution >= 0.6 is 31.9 Å². The van der Waals surface area contributed by atoms with Crippen molar-refractivity contribution in [2.45, 2.75) is 6.42 Å². The van der Waals surface area contributed by atoms with Gasteiger partial charge in [-0.1, -0.05) is 44.0 Å². The molecule has 0 saturated heterocycles. The van der Waals surface area contributed by atoms with E-state index in [2.05, 4.69) is 44.0 Å². The Labute approximate surface area is 71.3 Å². The number of hydrogen-bond donors (Lipinski definition) is 0. The highest BCUT2D eigenvalue weighted by Crippen LogP contribution is 2.48. The molecule has 0 spiro atoms. The predicted molar refractivity (Wildman–Crippen MR) is 45.6 cm³/mol. The molecule has 0 aromatic rings. The second kappa shape index (κ2) is 1.96. The Balaban J connectivity index is 2.41. The molecule has 2 aliphatic rings.